The molecule has 0 aliphatic carbocycles. The number of carbonyl (C=O) groups is 2. The summed E-state index contributed by atoms with van der Waals surface area (Å²) in [6.07, 6.45) is 83.0. The van der Waals surface area contributed by atoms with E-state index in [1.54, 1.807) is 6.08 Å². The van der Waals surface area contributed by atoms with Crippen LogP contribution in [0.5, 0.6) is 0 Å². The van der Waals surface area contributed by atoms with Gasteiger partial charge in [-0.3, -0.25) is 9.59 Å². The molecular formula is C69H129NO5. The molecule has 0 aromatic carbocycles. The van der Waals surface area contributed by atoms with Gasteiger partial charge in [0, 0.05) is 12.8 Å². The second-order valence-corrected chi connectivity index (χ2v) is 22.8. The van der Waals surface area contributed by atoms with Gasteiger partial charge in [-0.1, -0.05) is 300 Å². The van der Waals surface area contributed by atoms with Crippen molar-refractivity contribution in [3.63, 3.8) is 0 Å². The molecule has 3 N–H and O–H groups in total. The molecule has 2 unspecified atom stereocenters. The summed E-state index contributed by atoms with van der Waals surface area (Å²) in [6.45, 7) is 4.89. The molecule has 0 radical (unpaired) electrons. The van der Waals surface area contributed by atoms with E-state index in [1.165, 1.54) is 263 Å². The van der Waals surface area contributed by atoms with Crippen LogP contribution in [0.3, 0.4) is 0 Å². The van der Waals surface area contributed by atoms with Gasteiger partial charge in [0.15, 0.2) is 0 Å². The number of amides is 1. The first-order chi connectivity index (χ1) is 37.0. The summed E-state index contributed by atoms with van der Waals surface area (Å²) >= 11 is 0. The number of carbonyl (C=O) groups excluding carboxylic acids is 2. The monoisotopic (exact) mass is 1050 g/mol. The first kappa shape index (κ1) is 72.8. The Bertz CT molecular complexity index is 1260. The number of unbranched alkanes of at least 4 members (excludes halogenated alkanes) is 45. The number of nitrogens with one attached hydrogen (secondary N) is 1. The molecule has 0 heterocycles. The molecule has 0 saturated carbocycles. The van der Waals surface area contributed by atoms with Crippen LogP contribution < -0.4 is 5.32 Å². The van der Waals surface area contributed by atoms with Crippen LogP contribution in [-0.2, 0) is 14.3 Å². The van der Waals surface area contributed by atoms with Gasteiger partial charge in [0.1, 0.15) is 0 Å². The Morgan fingerprint density at radius 1 is 0.373 bits per heavy atom. The lowest BCUT2D eigenvalue weighted by Gasteiger charge is -2.20. The lowest BCUT2D eigenvalue weighted by atomic mass is 10.0. The maximum atomic E-state index is 12.5. The van der Waals surface area contributed by atoms with E-state index in [1.807, 2.05) is 6.08 Å². The van der Waals surface area contributed by atoms with Crippen molar-refractivity contribution in [1.29, 1.82) is 0 Å². The van der Waals surface area contributed by atoms with Crippen LogP contribution in [0.4, 0.5) is 0 Å². The number of hydrogen-bond acceptors (Lipinski definition) is 5. The molecule has 0 bridgehead atoms. The molecule has 0 fully saturated rings. The number of aliphatic hydroxyl groups excluding tert-OH is 2. The van der Waals surface area contributed by atoms with Crippen LogP contribution in [0.2, 0.25) is 0 Å². The van der Waals surface area contributed by atoms with Crippen molar-refractivity contribution in [2.24, 2.45) is 0 Å². The summed E-state index contributed by atoms with van der Waals surface area (Å²) in [6, 6.07) is -0.638. The van der Waals surface area contributed by atoms with Gasteiger partial charge >= 0.3 is 5.97 Å². The van der Waals surface area contributed by atoms with E-state index in [9.17, 15) is 19.8 Å². The molecule has 1 amide bonds. The molecule has 0 aromatic heterocycles. The minimum atomic E-state index is -0.853. The Morgan fingerprint density at radius 2 is 0.667 bits per heavy atom. The summed E-state index contributed by atoms with van der Waals surface area (Å²) in [4.78, 5) is 24.6. The lowest BCUT2D eigenvalue weighted by Crippen LogP contribution is -2.45. The van der Waals surface area contributed by atoms with Gasteiger partial charge in [-0.15, -0.1) is 0 Å². The van der Waals surface area contributed by atoms with E-state index in [-0.39, 0.29) is 18.5 Å². The van der Waals surface area contributed by atoms with Gasteiger partial charge in [-0.05, 0) is 89.9 Å². The smallest absolute Gasteiger partial charge is 0.305 e. The van der Waals surface area contributed by atoms with Crippen molar-refractivity contribution in [3.8, 4) is 0 Å². The Hall–Kier alpha value is -2.18. The highest BCUT2D eigenvalue weighted by atomic mass is 16.5. The SMILES string of the molecule is CCCCCC/C=C\C/C=C\CCCCCCCC(=O)OCCCCCCCCCC/C=C\CCCCCCCCCC(=O)NC(CO)C(O)/C=C/CCCCCCCCCCCCCCCCCCCCCCC. The molecule has 2 atom stereocenters. The van der Waals surface area contributed by atoms with Crippen LogP contribution in [0, 0.1) is 0 Å². The van der Waals surface area contributed by atoms with Crippen molar-refractivity contribution in [1.82, 2.24) is 5.32 Å². The van der Waals surface area contributed by atoms with Gasteiger partial charge < -0.3 is 20.3 Å². The van der Waals surface area contributed by atoms with Crippen LogP contribution >= 0.6 is 0 Å². The zero-order valence-corrected chi connectivity index (χ0v) is 50.3. The third-order valence-electron chi connectivity index (χ3n) is 15.3. The van der Waals surface area contributed by atoms with Crippen LogP contribution in [0.15, 0.2) is 48.6 Å². The Labute approximate surface area is 467 Å². The number of hydrogen-bond donors (Lipinski definition) is 3. The normalized spacial score (nSPS) is 12.9. The van der Waals surface area contributed by atoms with Crippen LogP contribution in [0.1, 0.15) is 354 Å². The van der Waals surface area contributed by atoms with Gasteiger partial charge in [0.25, 0.3) is 0 Å². The predicted octanol–water partition coefficient (Wildman–Crippen LogP) is 21.3. The molecule has 0 saturated heterocycles. The standard InChI is InChI=1S/C69H129NO5/c1-3-5-7-9-11-13-15-17-19-21-22-23-24-25-27-30-33-37-41-45-49-53-57-61-67(72)66(65-71)70-68(73)62-58-54-50-46-42-38-34-31-28-26-29-32-36-40-44-48-52-56-60-64-75-69(74)63-59-55-51-47-43-39-35-20-18-16-14-12-10-8-6-4-2/h14,16,20,26,28,35,57,61,66-67,71-72H,3-13,15,17-19,21-25,27,29-34,36-56,58-60,62-65H2,1-2H3,(H,70,73)/b16-14-,28-26-,35-20-,61-57+. The second kappa shape index (κ2) is 64.3. The van der Waals surface area contributed by atoms with Gasteiger partial charge in [-0.25, -0.2) is 0 Å². The highest BCUT2D eigenvalue weighted by molar-refractivity contribution is 5.76. The topological polar surface area (TPSA) is 95.9 Å². The van der Waals surface area contributed by atoms with Gasteiger partial charge in [-0.2, -0.15) is 0 Å². The highest BCUT2D eigenvalue weighted by Crippen LogP contribution is 2.17. The average molecular weight is 1050 g/mol. The number of esters is 1. The van der Waals surface area contributed by atoms with E-state index in [0.29, 0.717) is 19.4 Å². The fourth-order valence-electron chi connectivity index (χ4n) is 10.2. The largest absolute Gasteiger partial charge is 0.466 e. The Kier molecular flexibility index (Phi) is 62.5. The van der Waals surface area contributed by atoms with Crippen molar-refractivity contribution in [3.05, 3.63) is 48.6 Å². The molecule has 0 aromatic rings. The summed E-state index contributed by atoms with van der Waals surface area (Å²) in [5.74, 6) is -0.0854. The zero-order valence-electron chi connectivity index (χ0n) is 50.3. The quantitative estimate of drug-likeness (QED) is 0.0320. The number of ether oxygens (including phenoxy) is 1. The van der Waals surface area contributed by atoms with Crippen LogP contribution in [0.25, 0.3) is 0 Å². The molecule has 6 heteroatoms. The third-order valence-corrected chi connectivity index (χ3v) is 15.3. The van der Waals surface area contributed by atoms with Gasteiger partial charge in [0.05, 0.1) is 25.4 Å². The summed E-state index contributed by atoms with van der Waals surface area (Å²) in [5.41, 5.74) is 0. The van der Waals surface area contributed by atoms with E-state index in [4.69, 9.17) is 4.74 Å². The third kappa shape index (κ3) is 60.9. The molecule has 0 rings (SSSR count). The first-order valence-corrected chi connectivity index (χ1v) is 33.4. The lowest BCUT2D eigenvalue weighted by molar-refractivity contribution is -0.143. The second-order valence-electron chi connectivity index (χ2n) is 22.8. The fraction of sp³-hybridized carbons (Fsp3) is 0.855. The molecule has 6 nitrogen and oxygen atoms in total. The number of aliphatic hydroxyl groups is 2. The van der Waals surface area contributed by atoms with E-state index >= 15 is 0 Å². The first-order valence-electron chi connectivity index (χ1n) is 33.4. The van der Waals surface area contributed by atoms with Gasteiger partial charge in [0.2, 0.25) is 5.91 Å². The molecule has 75 heavy (non-hydrogen) atoms. The number of allylic oxidation sites excluding steroid dienone is 7. The average Bonchev–Trinajstić information content (AvgIpc) is 3.41. The maximum Gasteiger partial charge on any atom is 0.305 e. The fourth-order valence-corrected chi connectivity index (χ4v) is 10.2. The molecule has 440 valence electrons. The predicted molar refractivity (Wildman–Crippen MR) is 329 cm³/mol. The van der Waals surface area contributed by atoms with Crippen molar-refractivity contribution < 1.29 is 24.5 Å². The minimum Gasteiger partial charge on any atom is -0.466 e. The van der Waals surface area contributed by atoms with E-state index < -0.39 is 12.1 Å². The summed E-state index contributed by atoms with van der Waals surface area (Å²) in [5, 5.41) is 23.2. The number of rotatable bonds is 62. The molecule has 0 spiro atoms. The maximum absolute atomic E-state index is 12.5. The Balaban J connectivity index is 3.48. The zero-order chi connectivity index (χ0) is 54.3. The van der Waals surface area contributed by atoms with E-state index in [0.717, 1.165) is 64.2 Å². The molecule has 0 aliphatic heterocycles. The minimum absolute atomic E-state index is 0.0101. The molecule has 0 aliphatic rings. The van der Waals surface area contributed by atoms with Crippen molar-refractivity contribution >= 4 is 11.9 Å². The van der Waals surface area contributed by atoms with Crippen molar-refractivity contribution in [2.45, 2.75) is 366 Å². The van der Waals surface area contributed by atoms with Crippen molar-refractivity contribution in [2.75, 3.05) is 13.2 Å². The van der Waals surface area contributed by atoms with Crippen LogP contribution in [-0.4, -0.2) is 47.4 Å². The highest BCUT2D eigenvalue weighted by Gasteiger charge is 2.18. The summed E-state index contributed by atoms with van der Waals surface area (Å²) < 4.78 is 5.48. The molecular weight excluding hydrogens is 923 g/mol. The summed E-state index contributed by atoms with van der Waals surface area (Å²) in [7, 11) is 0. The van der Waals surface area contributed by atoms with E-state index in [2.05, 4.69) is 55.6 Å². The Morgan fingerprint density at radius 3 is 1.04 bits per heavy atom.